The van der Waals surface area contributed by atoms with Crippen LogP contribution in [0.2, 0.25) is 0 Å². The number of furan rings is 1. The normalized spacial score (nSPS) is 17.4. The molecule has 1 unspecified atom stereocenters. The average Bonchev–Trinajstić information content (AvgIpc) is 3.56. The number of para-hydroxylation sites is 2. The molecule has 0 saturated carbocycles. The smallest absolute Gasteiger partial charge is 0.255 e. The molecule has 3 aromatic carbocycles. The second-order valence-electron chi connectivity index (χ2n) is 8.79. The molecule has 36 heavy (non-hydrogen) atoms. The summed E-state index contributed by atoms with van der Waals surface area (Å²) in [4.78, 5) is 15.5. The molecule has 182 valence electrons. The van der Waals surface area contributed by atoms with Crippen LogP contribution in [0.1, 0.15) is 23.6 Å². The van der Waals surface area contributed by atoms with Crippen LogP contribution in [-0.2, 0) is 14.8 Å². The molecule has 0 aliphatic carbocycles. The van der Waals surface area contributed by atoms with Gasteiger partial charge in [0.2, 0.25) is 10.0 Å². The number of amides is 1. The Morgan fingerprint density at radius 2 is 1.53 bits per heavy atom. The highest BCUT2D eigenvalue weighted by Gasteiger charge is 2.39. The Morgan fingerprint density at radius 1 is 0.917 bits per heavy atom. The fraction of sp³-hybridized carbons (Fsp3) is 0.138. The summed E-state index contributed by atoms with van der Waals surface area (Å²) >= 11 is 0. The van der Waals surface area contributed by atoms with Gasteiger partial charge in [-0.1, -0.05) is 54.1 Å². The molecule has 1 atom stereocenters. The number of sulfonamides is 1. The number of hydrogen-bond donors (Lipinski definition) is 0. The van der Waals surface area contributed by atoms with Crippen molar-refractivity contribution in [3.63, 3.8) is 0 Å². The van der Waals surface area contributed by atoms with E-state index in [0.29, 0.717) is 6.42 Å². The first-order valence-corrected chi connectivity index (χ1v) is 13.1. The summed E-state index contributed by atoms with van der Waals surface area (Å²) in [6.07, 6.45) is 5.06. The predicted octanol–water partition coefficient (Wildman–Crippen LogP) is 6.02. The Bertz CT molecular complexity index is 1420. The molecular weight excluding hydrogens is 472 g/mol. The third-order valence-electron chi connectivity index (χ3n) is 6.29. The molecule has 0 N–H and O–H groups in total. The van der Waals surface area contributed by atoms with Crippen molar-refractivity contribution in [2.45, 2.75) is 24.3 Å². The lowest BCUT2D eigenvalue weighted by Gasteiger charge is -2.23. The maximum atomic E-state index is 13.6. The van der Waals surface area contributed by atoms with E-state index in [1.54, 1.807) is 47.6 Å². The SMILES string of the molecule is Cc1ccc(S(=O)(=O)N2C/C(=C\C(=O)N(c3ccccc3)c3ccccc3)CC2c2ccoc2)cc1. The first kappa shape index (κ1) is 23.8. The topological polar surface area (TPSA) is 70.8 Å². The van der Waals surface area contributed by atoms with E-state index in [1.165, 1.54) is 10.6 Å². The maximum absolute atomic E-state index is 13.6. The van der Waals surface area contributed by atoms with Gasteiger partial charge in [-0.2, -0.15) is 4.31 Å². The number of nitrogens with zero attached hydrogens (tertiary/aromatic N) is 2. The van der Waals surface area contributed by atoms with Gasteiger partial charge >= 0.3 is 0 Å². The Labute approximate surface area is 211 Å². The Hall–Kier alpha value is -3.94. The highest BCUT2D eigenvalue weighted by atomic mass is 32.2. The van der Waals surface area contributed by atoms with E-state index in [4.69, 9.17) is 4.42 Å². The van der Waals surface area contributed by atoms with Crippen LogP contribution in [0.3, 0.4) is 0 Å². The molecular formula is C29H26N2O4S. The molecule has 1 aromatic heterocycles. The summed E-state index contributed by atoms with van der Waals surface area (Å²) in [5.41, 5.74) is 3.94. The molecule has 2 heterocycles. The minimum Gasteiger partial charge on any atom is -0.472 e. The number of hydrogen-bond acceptors (Lipinski definition) is 4. The quantitative estimate of drug-likeness (QED) is 0.305. The van der Waals surface area contributed by atoms with Crippen molar-refractivity contribution < 1.29 is 17.6 Å². The molecule has 6 nitrogen and oxygen atoms in total. The molecule has 0 spiro atoms. The molecule has 1 amide bonds. The van der Waals surface area contributed by atoms with Crippen molar-refractivity contribution in [3.05, 3.63) is 126 Å². The Balaban J connectivity index is 1.51. The molecule has 4 aromatic rings. The first-order chi connectivity index (χ1) is 17.4. The van der Waals surface area contributed by atoms with Gasteiger partial charge < -0.3 is 4.42 Å². The largest absolute Gasteiger partial charge is 0.472 e. The van der Waals surface area contributed by atoms with Crippen molar-refractivity contribution in [1.82, 2.24) is 4.31 Å². The maximum Gasteiger partial charge on any atom is 0.255 e. The fourth-order valence-electron chi connectivity index (χ4n) is 4.47. The van der Waals surface area contributed by atoms with Crippen molar-refractivity contribution >= 4 is 27.3 Å². The minimum absolute atomic E-state index is 0.120. The van der Waals surface area contributed by atoms with Gasteiger partial charge in [-0.05, 0) is 61.4 Å². The van der Waals surface area contributed by atoms with E-state index in [2.05, 4.69) is 0 Å². The zero-order valence-corrected chi connectivity index (χ0v) is 20.6. The average molecular weight is 499 g/mol. The molecule has 0 bridgehead atoms. The molecule has 5 rings (SSSR count). The summed E-state index contributed by atoms with van der Waals surface area (Å²) in [5, 5.41) is 0. The molecule has 0 radical (unpaired) electrons. The first-order valence-electron chi connectivity index (χ1n) is 11.7. The molecule has 7 heteroatoms. The van der Waals surface area contributed by atoms with Crippen LogP contribution in [0, 0.1) is 6.92 Å². The summed E-state index contributed by atoms with van der Waals surface area (Å²) in [6, 6.07) is 26.9. The van der Waals surface area contributed by atoms with Crippen LogP contribution >= 0.6 is 0 Å². The van der Waals surface area contributed by atoms with Gasteiger partial charge in [-0.25, -0.2) is 8.42 Å². The van der Waals surface area contributed by atoms with Gasteiger partial charge in [0.25, 0.3) is 5.91 Å². The van der Waals surface area contributed by atoms with Crippen molar-refractivity contribution in [2.24, 2.45) is 0 Å². The molecule has 1 aliphatic rings. The summed E-state index contributed by atoms with van der Waals surface area (Å²) in [5.74, 6) is -0.233. The minimum atomic E-state index is -3.80. The van der Waals surface area contributed by atoms with E-state index >= 15 is 0 Å². The van der Waals surface area contributed by atoms with E-state index < -0.39 is 16.1 Å². The van der Waals surface area contributed by atoms with E-state index in [9.17, 15) is 13.2 Å². The van der Waals surface area contributed by atoms with Gasteiger partial charge in [0.05, 0.1) is 23.5 Å². The number of anilines is 2. The van der Waals surface area contributed by atoms with E-state index in [0.717, 1.165) is 28.1 Å². The van der Waals surface area contributed by atoms with Gasteiger partial charge in [0.15, 0.2) is 0 Å². The van der Waals surface area contributed by atoms with Crippen molar-refractivity contribution in [3.8, 4) is 0 Å². The summed E-state index contributed by atoms with van der Waals surface area (Å²) < 4.78 is 34.0. The predicted molar refractivity (Wildman–Crippen MR) is 139 cm³/mol. The monoisotopic (exact) mass is 498 g/mol. The van der Waals surface area contributed by atoms with Crippen LogP contribution in [-0.4, -0.2) is 25.2 Å². The molecule has 1 aliphatic heterocycles. The van der Waals surface area contributed by atoms with E-state index in [1.807, 2.05) is 67.6 Å². The third kappa shape index (κ3) is 4.76. The number of carbonyl (C=O) groups excluding carboxylic acids is 1. The molecule has 1 saturated heterocycles. The van der Waals surface area contributed by atoms with Gasteiger partial charge in [0, 0.05) is 29.6 Å². The summed E-state index contributed by atoms with van der Waals surface area (Å²) in [6.45, 7) is 2.04. The highest BCUT2D eigenvalue weighted by molar-refractivity contribution is 7.89. The number of aryl methyl sites for hydroxylation is 1. The summed E-state index contributed by atoms with van der Waals surface area (Å²) in [7, 11) is -3.80. The Kier molecular flexibility index (Phi) is 6.59. The van der Waals surface area contributed by atoms with Gasteiger partial charge in [-0.15, -0.1) is 0 Å². The third-order valence-corrected chi connectivity index (χ3v) is 8.16. The Morgan fingerprint density at radius 3 is 2.08 bits per heavy atom. The van der Waals surface area contributed by atoms with Crippen LogP contribution in [0.4, 0.5) is 11.4 Å². The van der Waals surface area contributed by atoms with Gasteiger partial charge in [0.1, 0.15) is 0 Å². The number of benzene rings is 3. The number of carbonyl (C=O) groups is 1. The second-order valence-corrected chi connectivity index (χ2v) is 10.7. The zero-order valence-electron chi connectivity index (χ0n) is 19.8. The van der Waals surface area contributed by atoms with Gasteiger partial charge in [-0.3, -0.25) is 9.69 Å². The fourth-order valence-corrected chi connectivity index (χ4v) is 6.09. The van der Waals surface area contributed by atoms with Crippen LogP contribution in [0.25, 0.3) is 0 Å². The molecule has 1 fully saturated rings. The standard InChI is InChI=1S/C29H26N2O4S/c1-22-12-14-27(15-13-22)36(33,34)30-20-23(18-28(30)24-16-17-35-21-24)19-29(32)31(25-8-4-2-5-9-25)26-10-6-3-7-11-26/h2-17,19,21,28H,18,20H2,1H3/b23-19-. The lowest BCUT2D eigenvalue weighted by atomic mass is 10.1. The number of rotatable bonds is 6. The van der Waals surface area contributed by atoms with Crippen molar-refractivity contribution in [1.29, 1.82) is 0 Å². The lowest BCUT2D eigenvalue weighted by molar-refractivity contribution is -0.113. The van der Waals surface area contributed by atoms with Crippen molar-refractivity contribution in [2.75, 3.05) is 11.4 Å². The van der Waals surface area contributed by atoms with Crippen LogP contribution in [0.5, 0.6) is 0 Å². The highest BCUT2D eigenvalue weighted by Crippen LogP contribution is 2.40. The second kappa shape index (κ2) is 9.97. The van der Waals surface area contributed by atoms with E-state index in [-0.39, 0.29) is 17.3 Å². The lowest BCUT2D eigenvalue weighted by Crippen LogP contribution is -2.30. The zero-order chi connectivity index (χ0) is 25.1. The van der Waals surface area contributed by atoms with Crippen LogP contribution in [0.15, 0.2) is 124 Å². The van der Waals surface area contributed by atoms with Crippen LogP contribution < -0.4 is 4.90 Å².